The maximum Gasteiger partial charge on any atom is 0.251 e. The molecule has 27 heavy (non-hydrogen) atoms. The molecule has 1 amide bonds. The van der Waals surface area contributed by atoms with Gasteiger partial charge in [0.25, 0.3) is 5.91 Å². The summed E-state index contributed by atoms with van der Waals surface area (Å²) in [5, 5.41) is 5.91. The molecule has 3 rings (SSSR count). The van der Waals surface area contributed by atoms with Gasteiger partial charge in [-0.3, -0.25) is 4.79 Å². The van der Waals surface area contributed by atoms with Crippen LogP contribution in [-0.4, -0.2) is 18.0 Å². The first kappa shape index (κ1) is 18.4. The Labute approximate surface area is 157 Å². The first-order valence-electron chi connectivity index (χ1n) is 8.50. The van der Waals surface area contributed by atoms with Crippen molar-refractivity contribution in [2.75, 3.05) is 12.4 Å². The molecule has 0 fully saturated rings. The Kier molecular flexibility index (Phi) is 5.99. The van der Waals surface area contributed by atoms with E-state index in [0.717, 1.165) is 11.3 Å². The molecular weight excluding hydrogens is 345 g/mol. The number of benzene rings is 2. The highest BCUT2D eigenvalue weighted by Gasteiger charge is 2.08. The van der Waals surface area contributed by atoms with Gasteiger partial charge in [-0.1, -0.05) is 30.3 Å². The molecule has 0 aliphatic carbocycles. The van der Waals surface area contributed by atoms with Gasteiger partial charge >= 0.3 is 0 Å². The summed E-state index contributed by atoms with van der Waals surface area (Å²) in [4.78, 5) is 16.6. The van der Waals surface area contributed by atoms with E-state index in [1.165, 1.54) is 6.07 Å². The molecule has 6 heteroatoms. The Morgan fingerprint density at radius 1 is 1.07 bits per heavy atom. The third-order valence-corrected chi connectivity index (χ3v) is 4.05. The van der Waals surface area contributed by atoms with Crippen molar-refractivity contribution in [2.24, 2.45) is 0 Å². The molecule has 0 aliphatic rings. The summed E-state index contributed by atoms with van der Waals surface area (Å²) >= 11 is 0. The van der Waals surface area contributed by atoms with Crippen molar-refractivity contribution in [3.63, 3.8) is 0 Å². The molecule has 138 valence electrons. The Hall–Kier alpha value is -3.41. The first-order chi connectivity index (χ1) is 13.2. The summed E-state index contributed by atoms with van der Waals surface area (Å²) in [6, 6.07) is 17.3. The lowest BCUT2D eigenvalue weighted by molar-refractivity contribution is 0.0950. The van der Waals surface area contributed by atoms with Crippen LogP contribution < -0.4 is 15.4 Å². The van der Waals surface area contributed by atoms with Crippen molar-refractivity contribution < 1.29 is 13.9 Å². The normalized spacial score (nSPS) is 10.3. The summed E-state index contributed by atoms with van der Waals surface area (Å²) < 4.78 is 18.8. The Morgan fingerprint density at radius 3 is 2.59 bits per heavy atom. The van der Waals surface area contributed by atoms with Gasteiger partial charge in [0.15, 0.2) is 0 Å². The number of pyridine rings is 1. The molecule has 0 atom stereocenters. The summed E-state index contributed by atoms with van der Waals surface area (Å²) in [6.07, 6.45) is 1.56. The number of hydrogen-bond acceptors (Lipinski definition) is 4. The number of hydrogen-bond donors (Lipinski definition) is 2. The average molecular weight is 365 g/mol. The van der Waals surface area contributed by atoms with E-state index >= 15 is 0 Å². The predicted octanol–water partition coefficient (Wildman–Crippen LogP) is 3.77. The van der Waals surface area contributed by atoms with Gasteiger partial charge in [0.05, 0.1) is 7.11 Å². The zero-order valence-electron chi connectivity index (χ0n) is 14.9. The van der Waals surface area contributed by atoms with Crippen LogP contribution in [0.1, 0.15) is 21.5 Å². The lowest BCUT2D eigenvalue weighted by Gasteiger charge is -2.09. The van der Waals surface area contributed by atoms with E-state index in [1.807, 2.05) is 24.3 Å². The maximum atomic E-state index is 13.6. The van der Waals surface area contributed by atoms with Crippen LogP contribution in [0.15, 0.2) is 66.9 Å². The van der Waals surface area contributed by atoms with Gasteiger partial charge in [0, 0.05) is 30.4 Å². The molecule has 2 aromatic carbocycles. The zero-order valence-corrected chi connectivity index (χ0v) is 14.9. The molecule has 2 N–H and O–H groups in total. The van der Waals surface area contributed by atoms with Crippen LogP contribution in [0.3, 0.4) is 0 Å². The van der Waals surface area contributed by atoms with Crippen molar-refractivity contribution in [1.82, 2.24) is 10.3 Å². The van der Waals surface area contributed by atoms with Crippen molar-refractivity contribution >= 4 is 11.7 Å². The van der Waals surface area contributed by atoms with Gasteiger partial charge < -0.3 is 15.4 Å². The molecular formula is C21H20FN3O2. The predicted molar refractivity (Wildman–Crippen MR) is 102 cm³/mol. The monoisotopic (exact) mass is 365 g/mol. The number of methoxy groups -OCH3 is 1. The minimum Gasteiger partial charge on any atom is -0.497 e. The highest BCUT2D eigenvalue weighted by molar-refractivity contribution is 5.94. The van der Waals surface area contributed by atoms with E-state index < -0.39 is 0 Å². The fourth-order valence-electron chi connectivity index (χ4n) is 2.52. The number of carbonyl (C=O) groups excluding carboxylic acids is 1. The number of halogens is 1. The summed E-state index contributed by atoms with van der Waals surface area (Å²) in [5.74, 6) is 0.761. The molecule has 0 unspecified atom stereocenters. The molecule has 0 saturated carbocycles. The van der Waals surface area contributed by atoms with E-state index in [9.17, 15) is 9.18 Å². The van der Waals surface area contributed by atoms with Gasteiger partial charge in [0.1, 0.15) is 17.4 Å². The number of nitrogens with zero attached hydrogens (tertiary/aromatic N) is 1. The number of aromatic nitrogens is 1. The van der Waals surface area contributed by atoms with Gasteiger partial charge in [0.2, 0.25) is 0 Å². The van der Waals surface area contributed by atoms with Gasteiger partial charge in [-0.2, -0.15) is 0 Å². The molecule has 5 nitrogen and oxygen atoms in total. The van der Waals surface area contributed by atoms with Crippen molar-refractivity contribution in [1.29, 1.82) is 0 Å². The largest absolute Gasteiger partial charge is 0.497 e. The summed E-state index contributed by atoms with van der Waals surface area (Å²) in [5.41, 5.74) is 1.96. The van der Waals surface area contributed by atoms with Gasteiger partial charge in [-0.15, -0.1) is 0 Å². The standard InChI is InChI=1S/C21H20FN3O2/c1-27-18-8-6-15(7-9-18)13-24-20-12-16(10-11-23-20)21(26)25-14-17-4-2-3-5-19(17)22/h2-12H,13-14H2,1H3,(H,23,24)(H,25,26). The maximum absolute atomic E-state index is 13.6. The molecule has 0 radical (unpaired) electrons. The number of rotatable bonds is 7. The van der Waals surface area contributed by atoms with Crippen LogP contribution in [0, 0.1) is 5.82 Å². The Bertz CT molecular complexity index is 913. The fraction of sp³-hybridized carbons (Fsp3) is 0.143. The van der Waals surface area contributed by atoms with Gasteiger partial charge in [-0.05, 0) is 35.9 Å². The van der Waals surface area contributed by atoms with Crippen LogP contribution in [0.2, 0.25) is 0 Å². The summed E-state index contributed by atoms with van der Waals surface area (Å²) in [6.45, 7) is 0.694. The topological polar surface area (TPSA) is 63.2 Å². The lowest BCUT2D eigenvalue weighted by Crippen LogP contribution is -2.23. The molecule has 0 bridgehead atoms. The molecule has 0 saturated heterocycles. The number of nitrogens with one attached hydrogen (secondary N) is 2. The van der Waals surface area contributed by atoms with Crippen LogP contribution in [0.25, 0.3) is 0 Å². The summed E-state index contributed by atoms with van der Waals surface area (Å²) in [7, 11) is 1.62. The van der Waals surface area contributed by atoms with Crippen LogP contribution in [0.5, 0.6) is 5.75 Å². The van der Waals surface area contributed by atoms with Crippen LogP contribution in [0.4, 0.5) is 10.2 Å². The second-order valence-electron chi connectivity index (χ2n) is 5.91. The SMILES string of the molecule is COc1ccc(CNc2cc(C(=O)NCc3ccccc3F)ccn2)cc1. The quantitative estimate of drug-likeness (QED) is 0.669. The van der Waals surface area contributed by atoms with E-state index in [4.69, 9.17) is 4.74 Å². The molecule has 0 aliphatic heterocycles. The van der Waals surface area contributed by atoms with E-state index in [-0.39, 0.29) is 18.3 Å². The number of amides is 1. The minimum absolute atomic E-state index is 0.127. The number of carbonyl (C=O) groups is 1. The van der Waals surface area contributed by atoms with E-state index in [1.54, 1.807) is 43.6 Å². The third kappa shape index (κ3) is 5.04. The Morgan fingerprint density at radius 2 is 1.85 bits per heavy atom. The zero-order chi connectivity index (χ0) is 19.1. The van der Waals surface area contributed by atoms with Crippen molar-refractivity contribution in [3.05, 3.63) is 89.4 Å². The highest BCUT2D eigenvalue weighted by atomic mass is 19.1. The second kappa shape index (κ2) is 8.80. The number of ether oxygens (including phenoxy) is 1. The van der Waals surface area contributed by atoms with Crippen LogP contribution >= 0.6 is 0 Å². The fourth-order valence-corrected chi connectivity index (χ4v) is 2.52. The first-order valence-corrected chi connectivity index (χ1v) is 8.50. The van der Waals surface area contributed by atoms with Crippen LogP contribution in [-0.2, 0) is 13.1 Å². The number of anilines is 1. The van der Waals surface area contributed by atoms with E-state index in [0.29, 0.717) is 23.5 Å². The molecule has 1 heterocycles. The smallest absolute Gasteiger partial charge is 0.251 e. The average Bonchev–Trinajstić information content (AvgIpc) is 2.72. The van der Waals surface area contributed by atoms with Crippen molar-refractivity contribution in [2.45, 2.75) is 13.1 Å². The molecule has 3 aromatic rings. The minimum atomic E-state index is -0.339. The third-order valence-electron chi connectivity index (χ3n) is 4.05. The second-order valence-corrected chi connectivity index (χ2v) is 5.91. The van der Waals surface area contributed by atoms with Gasteiger partial charge in [-0.25, -0.2) is 9.37 Å². The molecule has 0 spiro atoms. The lowest BCUT2D eigenvalue weighted by atomic mass is 10.2. The van der Waals surface area contributed by atoms with E-state index in [2.05, 4.69) is 15.6 Å². The highest BCUT2D eigenvalue weighted by Crippen LogP contribution is 2.14. The van der Waals surface area contributed by atoms with Crippen molar-refractivity contribution in [3.8, 4) is 5.75 Å². The Balaban J connectivity index is 1.58. The molecule has 1 aromatic heterocycles.